The number of rotatable bonds is 6. The molecule has 9 heteroatoms. The Bertz CT molecular complexity index is 1120. The molecule has 186 valence electrons. The molecule has 1 aromatic carbocycles. The Kier molecular flexibility index (Phi) is 9.88. The number of fused-ring (bicyclic) bond motifs is 1. The zero-order valence-corrected chi connectivity index (χ0v) is 22.0. The summed E-state index contributed by atoms with van der Waals surface area (Å²) >= 11 is 0. The molecule has 3 heterocycles. The van der Waals surface area contributed by atoms with E-state index < -0.39 is 0 Å². The Hall–Kier alpha value is -2.19. The fourth-order valence-corrected chi connectivity index (χ4v) is 4.08. The molecule has 0 spiro atoms. The fraction of sp³-hybridized carbons (Fsp3) is 0.480. The van der Waals surface area contributed by atoms with Crippen LogP contribution < -0.4 is 16.2 Å². The average Bonchev–Trinajstić information content (AvgIpc) is 2.76. The monoisotopic (exact) mass is 506 g/mol. The zero-order chi connectivity index (χ0) is 22.7. The first-order chi connectivity index (χ1) is 15.3. The summed E-state index contributed by atoms with van der Waals surface area (Å²) in [6.45, 7) is 14.4. The van der Waals surface area contributed by atoms with E-state index in [-0.39, 0.29) is 41.8 Å². The van der Waals surface area contributed by atoms with Gasteiger partial charge in [0.15, 0.2) is 0 Å². The summed E-state index contributed by atoms with van der Waals surface area (Å²) in [5.41, 5.74) is 3.11. The zero-order valence-electron chi connectivity index (χ0n) is 20.4. The maximum Gasteiger partial charge on any atom is 0.252 e. The van der Waals surface area contributed by atoms with Crippen molar-refractivity contribution in [3.63, 3.8) is 0 Å². The molecule has 0 radical (unpaired) electrons. The van der Waals surface area contributed by atoms with Gasteiger partial charge >= 0.3 is 0 Å². The molecule has 2 aromatic heterocycles. The second-order valence-corrected chi connectivity index (χ2v) is 9.92. The summed E-state index contributed by atoms with van der Waals surface area (Å²) in [7, 11) is 0. The Morgan fingerprint density at radius 2 is 1.74 bits per heavy atom. The highest BCUT2D eigenvalue weighted by Crippen LogP contribution is 2.21. The molecule has 0 bridgehead atoms. The first-order valence-electron chi connectivity index (χ1n) is 11.4. The number of benzene rings is 1. The van der Waals surface area contributed by atoms with E-state index in [2.05, 4.69) is 72.5 Å². The van der Waals surface area contributed by atoms with Crippen molar-refractivity contribution in [2.45, 2.75) is 46.8 Å². The third-order valence-electron chi connectivity index (χ3n) is 5.80. The molecule has 0 aliphatic carbocycles. The summed E-state index contributed by atoms with van der Waals surface area (Å²) in [4.78, 5) is 24.2. The minimum Gasteiger partial charge on any atom is -0.348 e. The third kappa shape index (κ3) is 7.15. The number of halogens is 2. The third-order valence-corrected chi connectivity index (χ3v) is 5.80. The van der Waals surface area contributed by atoms with Crippen LogP contribution in [0.25, 0.3) is 11.0 Å². The molecule has 7 nitrogen and oxygen atoms in total. The molecule has 0 saturated carbocycles. The summed E-state index contributed by atoms with van der Waals surface area (Å²) in [6, 6.07) is 12.2. The molecule has 3 aromatic rings. The number of piperazine rings is 1. The van der Waals surface area contributed by atoms with Gasteiger partial charge in [-0.1, -0.05) is 45.0 Å². The van der Waals surface area contributed by atoms with Crippen LogP contribution in [0.3, 0.4) is 0 Å². The van der Waals surface area contributed by atoms with Crippen molar-refractivity contribution in [1.29, 1.82) is 0 Å². The lowest BCUT2D eigenvalue weighted by atomic mass is 9.97. The van der Waals surface area contributed by atoms with Gasteiger partial charge in [-0.25, -0.2) is 4.98 Å². The molecule has 1 aliphatic heterocycles. The van der Waals surface area contributed by atoms with Gasteiger partial charge < -0.3 is 10.6 Å². The number of hydrogen-bond acceptors (Lipinski definition) is 6. The minimum atomic E-state index is -0.0369. The van der Waals surface area contributed by atoms with Crippen LogP contribution in [0, 0.1) is 5.41 Å². The quantitative estimate of drug-likeness (QED) is 0.520. The molecule has 2 N–H and O–H groups in total. The van der Waals surface area contributed by atoms with Gasteiger partial charge in [-0.05, 0) is 29.5 Å². The van der Waals surface area contributed by atoms with Crippen molar-refractivity contribution in [3.8, 4) is 0 Å². The van der Waals surface area contributed by atoms with Crippen LogP contribution in [-0.4, -0.2) is 45.6 Å². The highest BCUT2D eigenvalue weighted by atomic mass is 35.5. The minimum absolute atomic E-state index is 0. The summed E-state index contributed by atoms with van der Waals surface area (Å²) < 4.78 is 1.75. The smallest absolute Gasteiger partial charge is 0.252 e. The average molecular weight is 508 g/mol. The molecule has 34 heavy (non-hydrogen) atoms. The molecule has 1 aliphatic rings. The molecular weight excluding hydrogens is 471 g/mol. The van der Waals surface area contributed by atoms with Crippen LogP contribution in [0.1, 0.15) is 44.9 Å². The number of nitrogens with one attached hydrogen (secondary N) is 2. The first kappa shape index (κ1) is 28.1. The Morgan fingerprint density at radius 3 is 2.38 bits per heavy atom. The van der Waals surface area contributed by atoms with Crippen LogP contribution >= 0.6 is 24.8 Å². The van der Waals surface area contributed by atoms with Gasteiger partial charge in [0, 0.05) is 56.9 Å². The number of nitrogens with zero attached hydrogens (tertiary/aromatic N) is 4. The SMILES string of the molecule is CC(Nc1ncc2ccc(=O)n(CC(C)(C)C)c2n1)c1ccc(CN2CCNCC2)cc1.Cl.Cl. The van der Waals surface area contributed by atoms with E-state index in [0.29, 0.717) is 18.1 Å². The maximum absolute atomic E-state index is 12.5. The van der Waals surface area contributed by atoms with E-state index in [1.54, 1.807) is 22.9 Å². The van der Waals surface area contributed by atoms with Gasteiger partial charge in [0.25, 0.3) is 5.56 Å². The van der Waals surface area contributed by atoms with E-state index in [4.69, 9.17) is 4.98 Å². The molecule has 1 saturated heterocycles. The van der Waals surface area contributed by atoms with Crippen LogP contribution in [0.5, 0.6) is 0 Å². The molecule has 1 unspecified atom stereocenters. The molecule has 4 rings (SSSR count). The summed E-state index contributed by atoms with van der Waals surface area (Å²) in [5, 5.41) is 7.67. The predicted molar refractivity (Wildman–Crippen MR) is 144 cm³/mol. The highest BCUT2D eigenvalue weighted by Gasteiger charge is 2.16. The number of pyridine rings is 1. The van der Waals surface area contributed by atoms with E-state index in [0.717, 1.165) is 38.1 Å². The topological polar surface area (TPSA) is 75.1 Å². The van der Waals surface area contributed by atoms with Gasteiger partial charge in [0.2, 0.25) is 5.95 Å². The normalized spacial score (nSPS) is 15.3. The second-order valence-electron chi connectivity index (χ2n) is 9.92. The van der Waals surface area contributed by atoms with Crippen molar-refractivity contribution in [3.05, 3.63) is 64.1 Å². The lowest BCUT2D eigenvalue weighted by Crippen LogP contribution is -2.42. The van der Waals surface area contributed by atoms with E-state index >= 15 is 0 Å². The summed E-state index contributed by atoms with van der Waals surface area (Å²) in [6.07, 6.45) is 1.78. The predicted octanol–water partition coefficient (Wildman–Crippen LogP) is 4.26. The Balaban J connectivity index is 0.00000204. The Labute approximate surface area is 214 Å². The van der Waals surface area contributed by atoms with E-state index in [1.807, 2.05) is 0 Å². The van der Waals surface area contributed by atoms with Gasteiger partial charge in [0.05, 0.1) is 6.04 Å². The van der Waals surface area contributed by atoms with Gasteiger partial charge in [0.1, 0.15) is 5.65 Å². The van der Waals surface area contributed by atoms with Crippen molar-refractivity contribution >= 4 is 41.8 Å². The number of aromatic nitrogens is 3. The van der Waals surface area contributed by atoms with Gasteiger partial charge in [-0.15, -0.1) is 24.8 Å². The standard InChI is InChI=1S/C25H34N6O.2ClH/c1-18(20-7-5-19(6-8-20)16-30-13-11-26-12-14-30)28-24-27-15-21-9-10-22(32)31(23(21)29-24)17-25(2,3)4;;/h5-10,15,18,26H,11-14,16-17H2,1-4H3,(H,27,28,29);2*1H. The van der Waals surface area contributed by atoms with Crippen molar-refractivity contribution < 1.29 is 0 Å². The number of anilines is 1. The van der Waals surface area contributed by atoms with Crippen LogP contribution in [0.4, 0.5) is 5.95 Å². The van der Waals surface area contributed by atoms with Crippen LogP contribution in [0.15, 0.2) is 47.4 Å². The first-order valence-corrected chi connectivity index (χ1v) is 11.4. The van der Waals surface area contributed by atoms with Gasteiger partial charge in [-0.2, -0.15) is 4.98 Å². The maximum atomic E-state index is 12.5. The second kappa shape index (κ2) is 12.0. The summed E-state index contributed by atoms with van der Waals surface area (Å²) in [5.74, 6) is 0.531. The molecule has 0 amide bonds. The fourth-order valence-electron chi connectivity index (χ4n) is 4.08. The Morgan fingerprint density at radius 1 is 1.06 bits per heavy atom. The van der Waals surface area contributed by atoms with Gasteiger partial charge in [-0.3, -0.25) is 14.3 Å². The lowest BCUT2D eigenvalue weighted by Gasteiger charge is -2.27. The van der Waals surface area contributed by atoms with Crippen molar-refractivity contribution in [2.24, 2.45) is 5.41 Å². The van der Waals surface area contributed by atoms with E-state index in [1.165, 1.54) is 11.1 Å². The van der Waals surface area contributed by atoms with E-state index in [9.17, 15) is 4.79 Å². The van der Waals surface area contributed by atoms with Crippen molar-refractivity contribution in [2.75, 3.05) is 31.5 Å². The highest BCUT2D eigenvalue weighted by molar-refractivity contribution is 5.85. The van der Waals surface area contributed by atoms with Crippen molar-refractivity contribution in [1.82, 2.24) is 24.8 Å². The molecule has 1 fully saturated rings. The van der Waals surface area contributed by atoms with Crippen LogP contribution in [0.2, 0.25) is 0 Å². The number of hydrogen-bond donors (Lipinski definition) is 2. The molecule has 1 atom stereocenters. The largest absolute Gasteiger partial charge is 0.348 e. The molecular formula is C25H36Cl2N6O. The van der Waals surface area contributed by atoms with Crippen LogP contribution in [-0.2, 0) is 13.1 Å². The lowest BCUT2D eigenvalue weighted by molar-refractivity contribution is 0.233.